The van der Waals surface area contributed by atoms with Crippen LogP contribution in [0.4, 0.5) is 0 Å². The maximum absolute atomic E-state index is 10.7. The Hall–Kier alpha value is -0.520. The van der Waals surface area contributed by atoms with E-state index >= 15 is 0 Å². The zero-order valence-electron chi connectivity index (χ0n) is 7.81. The van der Waals surface area contributed by atoms with Gasteiger partial charge in [0.15, 0.2) is 0 Å². The zero-order chi connectivity index (χ0) is 10.8. The molecule has 1 saturated heterocycles. The average Bonchev–Trinajstić information content (AvgIpc) is 2.68. The summed E-state index contributed by atoms with van der Waals surface area (Å²) in [7, 11) is 0. The van der Waals surface area contributed by atoms with E-state index in [-0.39, 0.29) is 5.37 Å². The van der Waals surface area contributed by atoms with Crippen LogP contribution >= 0.6 is 27.7 Å². The number of carbonyl (C=O) groups is 1. The number of rotatable bonds is 2. The number of hydrogen-bond acceptors (Lipinski definition) is 3. The van der Waals surface area contributed by atoms with Crippen LogP contribution in [0, 0.1) is 0 Å². The van der Waals surface area contributed by atoms with Crippen molar-refractivity contribution in [3.63, 3.8) is 0 Å². The lowest BCUT2D eigenvalue weighted by atomic mass is 10.2. The first-order chi connectivity index (χ1) is 7.16. The van der Waals surface area contributed by atoms with E-state index in [1.165, 1.54) is 0 Å². The fraction of sp³-hybridized carbons (Fsp3) is 0.300. The minimum absolute atomic E-state index is 0.0965. The molecule has 0 bridgehead atoms. The molecule has 2 N–H and O–H groups in total. The summed E-state index contributed by atoms with van der Waals surface area (Å²) in [6.07, 6.45) is 0. The summed E-state index contributed by atoms with van der Waals surface area (Å²) in [6, 6.07) is 7.50. The molecule has 1 fully saturated rings. The third-order valence-electron chi connectivity index (χ3n) is 2.25. The third-order valence-corrected chi connectivity index (χ3v) is 4.05. The second-order valence-corrected chi connectivity index (χ2v) is 5.38. The first-order valence-corrected chi connectivity index (χ1v) is 6.37. The van der Waals surface area contributed by atoms with Crippen LogP contribution in [0.5, 0.6) is 0 Å². The Morgan fingerprint density at radius 1 is 1.47 bits per heavy atom. The van der Waals surface area contributed by atoms with Crippen molar-refractivity contribution in [1.82, 2.24) is 5.32 Å². The van der Waals surface area contributed by atoms with Crippen LogP contribution < -0.4 is 5.32 Å². The van der Waals surface area contributed by atoms with Crippen LogP contribution in [0.3, 0.4) is 0 Å². The van der Waals surface area contributed by atoms with E-state index in [2.05, 4.69) is 21.2 Å². The van der Waals surface area contributed by atoms with Crippen LogP contribution in [0.2, 0.25) is 0 Å². The summed E-state index contributed by atoms with van der Waals surface area (Å²) < 4.78 is 1.03. The normalized spacial score (nSPS) is 25.4. The van der Waals surface area contributed by atoms with Gasteiger partial charge in [-0.15, -0.1) is 11.8 Å². The molecule has 80 valence electrons. The van der Waals surface area contributed by atoms with Crippen molar-refractivity contribution in [1.29, 1.82) is 0 Å². The van der Waals surface area contributed by atoms with Gasteiger partial charge >= 0.3 is 5.97 Å². The molecule has 1 aliphatic rings. The number of benzene rings is 1. The van der Waals surface area contributed by atoms with Gasteiger partial charge in [0.25, 0.3) is 0 Å². The third kappa shape index (κ3) is 2.53. The molecular weight excluding hydrogens is 278 g/mol. The van der Waals surface area contributed by atoms with Crippen molar-refractivity contribution >= 4 is 33.7 Å². The second-order valence-electron chi connectivity index (χ2n) is 3.32. The largest absolute Gasteiger partial charge is 0.480 e. The number of carboxylic acids is 1. The van der Waals surface area contributed by atoms with E-state index in [1.54, 1.807) is 11.8 Å². The van der Waals surface area contributed by atoms with Gasteiger partial charge in [-0.3, -0.25) is 10.1 Å². The maximum Gasteiger partial charge on any atom is 0.321 e. The Morgan fingerprint density at radius 2 is 2.13 bits per heavy atom. The highest BCUT2D eigenvalue weighted by atomic mass is 79.9. The van der Waals surface area contributed by atoms with Crippen molar-refractivity contribution in [2.75, 3.05) is 5.75 Å². The molecule has 1 aliphatic heterocycles. The highest BCUT2D eigenvalue weighted by Gasteiger charge is 2.29. The van der Waals surface area contributed by atoms with Crippen molar-refractivity contribution < 1.29 is 9.90 Å². The predicted molar refractivity (Wildman–Crippen MR) is 63.9 cm³/mol. The van der Waals surface area contributed by atoms with Crippen molar-refractivity contribution in [3.05, 3.63) is 34.3 Å². The molecule has 1 heterocycles. The Balaban J connectivity index is 2.07. The van der Waals surface area contributed by atoms with E-state index in [0.717, 1.165) is 10.0 Å². The molecule has 2 atom stereocenters. The van der Waals surface area contributed by atoms with Gasteiger partial charge in [0.1, 0.15) is 6.04 Å². The van der Waals surface area contributed by atoms with Crippen molar-refractivity contribution in [2.24, 2.45) is 0 Å². The molecule has 0 aromatic heterocycles. The molecule has 3 nitrogen and oxygen atoms in total. The highest BCUT2D eigenvalue weighted by molar-refractivity contribution is 9.10. The van der Waals surface area contributed by atoms with Crippen LogP contribution in [0.25, 0.3) is 0 Å². The number of carboxylic acid groups (broad SMARTS) is 1. The zero-order valence-corrected chi connectivity index (χ0v) is 10.2. The summed E-state index contributed by atoms with van der Waals surface area (Å²) >= 11 is 5.00. The fourth-order valence-corrected chi connectivity index (χ4v) is 2.94. The lowest BCUT2D eigenvalue weighted by Gasteiger charge is -2.10. The van der Waals surface area contributed by atoms with Crippen molar-refractivity contribution in [2.45, 2.75) is 11.4 Å². The predicted octanol–water partition coefficient (Wildman–Crippen LogP) is 2.24. The fourth-order valence-electron chi connectivity index (χ4n) is 1.44. The van der Waals surface area contributed by atoms with E-state index in [9.17, 15) is 4.79 Å². The molecule has 0 amide bonds. The van der Waals surface area contributed by atoms with E-state index < -0.39 is 12.0 Å². The molecule has 0 radical (unpaired) electrons. The topological polar surface area (TPSA) is 49.3 Å². The van der Waals surface area contributed by atoms with Crippen LogP contribution in [-0.4, -0.2) is 22.9 Å². The summed E-state index contributed by atoms with van der Waals surface area (Å²) in [5.41, 5.74) is 1.12. The molecule has 2 unspecified atom stereocenters. The molecular formula is C10H10BrNO2S. The number of nitrogens with one attached hydrogen (secondary N) is 1. The van der Waals surface area contributed by atoms with Gasteiger partial charge in [-0.1, -0.05) is 28.1 Å². The minimum atomic E-state index is -0.776. The van der Waals surface area contributed by atoms with Gasteiger partial charge in [0.2, 0.25) is 0 Å². The Kier molecular flexibility index (Phi) is 3.33. The molecule has 1 aromatic carbocycles. The monoisotopic (exact) mass is 287 g/mol. The quantitative estimate of drug-likeness (QED) is 0.876. The minimum Gasteiger partial charge on any atom is -0.480 e. The number of halogens is 1. The molecule has 5 heteroatoms. The Bertz CT molecular complexity index is 368. The number of aliphatic carboxylic acids is 1. The Morgan fingerprint density at radius 3 is 2.67 bits per heavy atom. The molecule has 0 aliphatic carbocycles. The van der Waals surface area contributed by atoms with Crippen LogP contribution in [0.1, 0.15) is 10.9 Å². The van der Waals surface area contributed by atoms with Gasteiger partial charge < -0.3 is 5.11 Å². The van der Waals surface area contributed by atoms with E-state index in [1.807, 2.05) is 24.3 Å². The van der Waals surface area contributed by atoms with Gasteiger partial charge in [-0.05, 0) is 17.7 Å². The van der Waals surface area contributed by atoms with Gasteiger partial charge in [-0.25, -0.2) is 0 Å². The number of hydrogen-bond donors (Lipinski definition) is 2. The molecule has 0 spiro atoms. The SMILES string of the molecule is O=C(O)C1CSC(c2ccc(Br)cc2)N1. The van der Waals surface area contributed by atoms with Gasteiger partial charge in [0.05, 0.1) is 5.37 Å². The first kappa shape index (κ1) is 11.0. The highest BCUT2D eigenvalue weighted by Crippen LogP contribution is 2.33. The molecule has 1 aromatic rings. The van der Waals surface area contributed by atoms with Crippen molar-refractivity contribution in [3.8, 4) is 0 Å². The summed E-state index contributed by atoms with van der Waals surface area (Å²) in [5.74, 6) is -0.155. The van der Waals surface area contributed by atoms with E-state index in [4.69, 9.17) is 5.11 Å². The smallest absolute Gasteiger partial charge is 0.321 e. The molecule has 2 rings (SSSR count). The van der Waals surface area contributed by atoms with Crippen LogP contribution in [0.15, 0.2) is 28.7 Å². The lowest BCUT2D eigenvalue weighted by Crippen LogP contribution is -2.33. The maximum atomic E-state index is 10.7. The van der Waals surface area contributed by atoms with E-state index in [0.29, 0.717) is 5.75 Å². The number of thioether (sulfide) groups is 1. The van der Waals surface area contributed by atoms with Gasteiger partial charge in [-0.2, -0.15) is 0 Å². The Labute approximate surface area is 100 Å². The standard InChI is InChI=1S/C10H10BrNO2S/c11-7-3-1-6(2-4-7)9-12-8(5-15-9)10(13)14/h1-4,8-9,12H,5H2,(H,13,14). The summed E-state index contributed by atoms with van der Waals surface area (Å²) in [5, 5.41) is 12.0. The molecule has 0 saturated carbocycles. The average molecular weight is 288 g/mol. The summed E-state index contributed by atoms with van der Waals surface area (Å²) in [4.78, 5) is 10.7. The second kappa shape index (κ2) is 4.55. The van der Waals surface area contributed by atoms with Crippen LogP contribution in [-0.2, 0) is 4.79 Å². The lowest BCUT2D eigenvalue weighted by molar-refractivity contribution is -0.138. The summed E-state index contributed by atoms with van der Waals surface area (Å²) in [6.45, 7) is 0. The van der Waals surface area contributed by atoms with Gasteiger partial charge in [0, 0.05) is 10.2 Å². The molecule has 15 heavy (non-hydrogen) atoms. The first-order valence-electron chi connectivity index (χ1n) is 4.53.